The molecule has 0 spiro atoms. The third kappa shape index (κ3) is 0.891. The summed E-state index contributed by atoms with van der Waals surface area (Å²) in [5.41, 5.74) is 0.0561. The van der Waals surface area contributed by atoms with Crippen LogP contribution in [0.2, 0.25) is 0 Å². The van der Waals surface area contributed by atoms with Crippen LogP contribution >= 0.6 is 11.6 Å². The summed E-state index contributed by atoms with van der Waals surface area (Å²) in [6.07, 6.45) is 1.81. The van der Waals surface area contributed by atoms with Crippen molar-refractivity contribution in [2.45, 2.75) is 13.8 Å². The molecule has 1 fully saturated rings. The molecule has 0 aromatic carbocycles. The summed E-state index contributed by atoms with van der Waals surface area (Å²) in [7, 11) is 0. The Kier molecular flexibility index (Phi) is 1.63. The highest BCUT2D eigenvalue weighted by Crippen LogP contribution is 2.59. The van der Waals surface area contributed by atoms with E-state index in [1.54, 1.807) is 0 Å². The van der Waals surface area contributed by atoms with Gasteiger partial charge in [-0.25, -0.2) is 0 Å². The van der Waals surface area contributed by atoms with E-state index in [2.05, 4.69) is 6.58 Å². The molecule has 0 heterocycles. The first-order valence-electron chi connectivity index (χ1n) is 3.33. The van der Waals surface area contributed by atoms with Crippen LogP contribution in [0.4, 0.5) is 0 Å². The lowest BCUT2D eigenvalue weighted by molar-refractivity contribution is -0.113. The summed E-state index contributed by atoms with van der Waals surface area (Å²) in [6.45, 7) is 7.70. The third-order valence-electron chi connectivity index (χ3n) is 2.41. The third-order valence-corrected chi connectivity index (χ3v) is 2.64. The molecule has 2 atom stereocenters. The van der Waals surface area contributed by atoms with Gasteiger partial charge in [-0.2, -0.15) is 0 Å². The fourth-order valence-corrected chi connectivity index (χ4v) is 1.97. The van der Waals surface area contributed by atoms with Gasteiger partial charge < -0.3 is 0 Å². The topological polar surface area (TPSA) is 17.1 Å². The number of allylic oxidation sites excluding steroid dienone is 1. The van der Waals surface area contributed by atoms with E-state index in [1.807, 2.05) is 19.9 Å². The van der Waals surface area contributed by atoms with Crippen molar-refractivity contribution in [3.05, 3.63) is 12.7 Å². The number of hydrogen-bond acceptors (Lipinski definition) is 1. The highest BCUT2D eigenvalue weighted by Gasteiger charge is 2.59. The molecule has 0 N–H and O–H groups in total. The molecule has 0 radical (unpaired) electrons. The van der Waals surface area contributed by atoms with E-state index in [1.165, 1.54) is 0 Å². The summed E-state index contributed by atoms with van der Waals surface area (Å²) < 4.78 is 0. The Morgan fingerprint density at radius 1 is 1.70 bits per heavy atom. The SMILES string of the molecule is C=C[C@@H]1[C@@H](C(=O)Cl)C1(C)C. The summed E-state index contributed by atoms with van der Waals surface area (Å²) in [6, 6.07) is 0. The predicted molar refractivity (Wildman–Crippen MR) is 41.8 cm³/mol. The van der Waals surface area contributed by atoms with Crippen LogP contribution in [0.5, 0.6) is 0 Å². The maximum absolute atomic E-state index is 10.7. The molecule has 10 heavy (non-hydrogen) atoms. The molecule has 0 aromatic rings. The molecule has 0 aromatic heterocycles. The van der Waals surface area contributed by atoms with Crippen LogP contribution in [-0.2, 0) is 4.79 Å². The molecule has 0 saturated heterocycles. The minimum Gasteiger partial charge on any atom is -0.281 e. The van der Waals surface area contributed by atoms with Gasteiger partial charge in [0.25, 0.3) is 0 Å². The van der Waals surface area contributed by atoms with Gasteiger partial charge in [0.1, 0.15) is 0 Å². The van der Waals surface area contributed by atoms with Gasteiger partial charge in [-0.3, -0.25) is 4.79 Å². The lowest BCUT2D eigenvalue weighted by Crippen LogP contribution is -1.96. The van der Waals surface area contributed by atoms with Crippen LogP contribution in [0.25, 0.3) is 0 Å². The second kappa shape index (κ2) is 2.09. The number of hydrogen-bond donors (Lipinski definition) is 0. The van der Waals surface area contributed by atoms with Gasteiger partial charge >= 0.3 is 0 Å². The largest absolute Gasteiger partial charge is 0.281 e. The Morgan fingerprint density at radius 2 is 2.20 bits per heavy atom. The molecule has 1 saturated carbocycles. The molecule has 56 valence electrons. The molecule has 1 nitrogen and oxygen atoms in total. The Labute approximate surface area is 66.1 Å². The second-order valence-corrected chi connectivity index (χ2v) is 3.74. The fourth-order valence-electron chi connectivity index (χ4n) is 1.55. The second-order valence-electron chi connectivity index (χ2n) is 3.36. The van der Waals surface area contributed by atoms with E-state index in [0.717, 1.165) is 0 Å². The van der Waals surface area contributed by atoms with Gasteiger partial charge in [-0.15, -0.1) is 6.58 Å². The quantitative estimate of drug-likeness (QED) is 0.445. The van der Waals surface area contributed by atoms with Crippen LogP contribution in [0.1, 0.15) is 13.8 Å². The zero-order valence-corrected chi connectivity index (χ0v) is 6.98. The van der Waals surface area contributed by atoms with Crippen LogP contribution in [-0.4, -0.2) is 5.24 Å². The van der Waals surface area contributed by atoms with E-state index in [9.17, 15) is 4.79 Å². The smallest absolute Gasteiger partial charge is 0.225 e. The lowest BCUT2D eigenvalue weighted by atomic mass is 10.1. The van der Waals surface area contributed by atoms with Crippen molar-refractivity contribution in [3.8, 4) is 0 Å². The fraction of sp³-hybridized carbons (Fsp3) is 0.625. The summed E-state index contributed by atoms with van der Waals surface area (Å²) >= 11 is 5.35. The van der Waals surface area contributed by atoms with E-state index in [-0.39, 0.29) is 22.5 Å². The molecule has 1 aliphatic rings. The zero-order chi connectivity index (χ0) is 7.94. The molecule has 0 aliphatic heterocycles. The average Bonchev–Trinajstić information content (AvgIpc) is 2.33. The molecule has 0 bridgehead atoms. The zero-order valence-electron chi connectivity index (χ0n) is 6.23. The van der Waals surface area contributed by atoms with Gasteiger partial charge in [-0.1, -0.05) is 19.9 Å². The minimum atomic E-state index is -0.227. The molecule has 1 aliphatic carbocycles. The Balaban J connectivity index is 2.70. The van der Waals surface area contributed by atoms with E-state index in [0.29, 0.717) is 0 Å². The molecule has 1 rings (SSSR count). The summed E-state index contributed by atoms with van der Waals surface area (Å²) in [5, 5.41) is -0.227. The highest BCUT2D eigenvalue weighted by atomic mass is 35.5. The van der Waals surface area contributed by atoms with E-state index < -0.39 is 0 Å². The minimum absolute atomic E-state index is 0.00617. The first-order valence-corrected chi connectivity index (χ1v) is 3.71. The molecular weight excluding hydrogens is 148 g/mol. The predicted octanol–water partition coefficient (Wildman–Crippen LogP) is 2.21. The molecular formula is C8H11ClO. The maximum Gasteiger partial charge on any atom is 0.225 e. The normalized spacial score (nSPS) is 35.1. The molecule has 0 unspecified atom stereocenters. The number of halogens is 1. The first-order chi connectivity index (χ1) is 4.51. The number of rotatable bonds is 2. The Morgan fingerprint density at radius 3 is 2.30 bits per heavy atom. The van der Waals surface area contributed by atoms with Gasteiger partial charge in [-0.05, 0) is 22.9 Å². The first kappa shape index (κ1) is 7.80. The van der Waals surface area contributed by atoms with Gasteiger partial charge in [0.15, 0.2) is 0 Å². The number of carbonyl (C=O) groups excluding carboxylic acids is 1. The Bertz CT molecular complexity index is 184. The average molecular weight is 159 g/mol. The highest BCUT2D eigenvalue weighted by molar-refractivity contribution is 6.64. The van der Waals surface area contributed by atoms with Crippen molar-refractivity contribution in [1.82, 2.24) is 0 Å². The molecule has 2 heteroatoms. The standard InChI is InChI=1S/C8H11ClO/c1-4-5-6(7(9)10)8(5,2)3/h4-6H,1H2,2-3H3/t5-,6+/m1/s1. The number of carbonyl (C=O) groups is 1. The van der Waals surface area contributed by atoms with Gasteiger partial charge in [0, 0.05) is 5.92 Å². The Hall–Kier alpha value is -0.300. The van der Waals surface area contributed by atoms with Crippen molar-refractivity contribution in [2.24, 2.45) is 17.3 Å². The van der Waals surface area contributed by atoms with Crippen molar-refractivity contribution in [1.29, 1.82) is 0 Å². The monoisotopic (exact) mass is 158 g/mol. The van der Waals surface area contributed by atoms with Crippen molar-refractivity contribution in [2.75, 3.05) is 0 Å². The summed E-state index contributed by atoms with van der Waals surface area (Å²) in [4.78, 5) is 10.7. The van der Waals surface area contributed by atoms with Crippen molar-refractivity contribution in [3.63, 3.8) is 0 Å². The van der Waals surface area contributed by atoms with Crippen molar-refractivity contribution < 1.29 is 4.79 Å². The van der Waals surface area contributed by atoms with Gasteiger partial charge in [0.2, 0.25) is 5.24 Å². The lowest BCUT2D eigenvalue weighted by Gasteiger charge is -1.95. The van der Waals surface area contributed by atoms with Crippen LogP contribution in [0.3, 0.4) is 0 Å². The summed E-state index contributed by atoms with van der Waals surface area (Å²) in [5.74, 6) is 0.296. The van der Waals surface area contributed by atoms with Crippen molar-refractivity contribution >= 4 is 16.8 Å². The van der Waals surface area contributed by atoms with Gasteiger partial charge in [0.05, 0.1) is 0 Å². The van der Waals surface area contributed by atoms with Crippen LogP contribution in [0, 0.1) is 17.3 Å². The molecule has 0 amide bonds. The maximum atomic E-state index is 10.7. The van der Waals surface area contributed by atoms with Crippen LogP contribution in [0.15, 0.2) is 12.7 Å². The van der Waals surface area contributed by atoms with E-state index >= 15 is 0 Å². The van der Waals surface area contributed by atoms with Crippen LogP contribution < -0.4 is 0 Å². The van der Waals surface area contributed by atoms with E-state index in [4.69, 9.17) is 11.6 Å².